The molecular formula is C13H18O2. The van der Waals surface area contributed by atoms with Crippen molar-refractivity contribution in [3.05, 3.63) is 35.4 Å². The molecule has 1 N–H and O–H groups in total. The molecule has 1 unspecified atom stereocenters. The highest BCUT2D eigenvalue weighted by Gasteiger charge is 2.23. The van der Waals surface area contributed by atoms with E-state index >= 15 is 0 Å². The summed E-state index contributed by atoms with van der Waals surface area (Å²) in [6, 6.07) is 8.45. The molecule has 15 heavy (non-hydrogen) atoms. The van der Waals surface area contributed by atoms with Crippen LogP contribution in [0.2, 0.25) is 0 Å². The van der Waals surface area contributed by atoms with Gasteiger partial charge in [-0.05, 0) is 18.9 Å². The van der Waals surface area contributed by atoms with Gasteiger partial charge in [-0.2, -0.15) is 0 Å². The van der Waals surface area contributed by atoms with Gasteiger partial charge in [0.05, 0.1) is 13.2 Å². The van der Waals surface area contributed by atoms with Crippen molar-refractivity contribution in [3.8, 4) is 0 Å². The third kappa shape index (κ3) is 2.58. The number of aliphatic hydroxyl groups excluding tert-OH is 1. The predicted octanol–water partition coefficient (Wildman–Crippen LogP) is 2.11. The van der Waals surface area contributed by atoms with Gasteiger partial charge in [-0.3, -0.25) is 0 Å². The Morgan fingerprint density at radius 1 is 1.33 bits per heavy atom. The zero-order chi connectivity index (χ0) is 10.7. The van der Waals surface area contributed by atoms with Crippen molar-refractivity contribution in [2.24, 2.45) is 5.92 Å². The molecule has 0 aliphatic carbocycles. The van der Waals surface area contributed by atoms with Crippen LogP contribution in [0, 0.1) is 12.8 Å². The molecule has 82 valence electrons. The van der Waals surface area contributed by atoms with E-state index in [0.717, 1.165) is 19.6 Å². The molecule has 2 nitrogen and oxygen atoms in total. The van der Waals surface area contributed by atoms with Gasteiger partial charge in [-0.15, -0.1) is 0 Å². The normalized spacial score (nSPS) is 18.5. The van der Waals surface area contributed by atoms with Crippen LogP contribution in [0.4, 0.5) is 0 Å². The standard InChI is InChI=1S/C13H18O2/c1-10-2-4-12(5-3-10)13(7-14)6-11-8-15-9-11/h2-5,11,13-14H,6-9H2,1H3. The lowest BCUT2D eigenvalue weighted by molar-refractivity contribution is -0.0405. The molecule has 0 spiro atoms. The Morgan fingerprint density at radius 2 is 2.00 bits per heavy atom. The molecule has 2 rings (SSSR count). The van der Waals surface area contributed by atoms with Gasteiger partial charge in [0.2, 0.25) is 0 Å². The number of benzene rings is 1. The molecule has 0 saturated carbocycles. The topological polar surface area (TPSA) is 29.5 Å². The van der Waals surface area contributed by atoms with Gasteiger partial charge in [0, 0.05) is 18.4 Å². The van der Waals surface area contributed by atoms with Crippen molar-refractivity contribution >= 4 is 0 Å². The van der Waals surface area contributed by atoms with E-state index in [4.69, 9.17) is 4.74 Å². The average Bonchev–Trinajstić information content (AvgIpc) is 2.19. The molecular weight excluding hydrogens is 188 g/mol. The van der Waals surface area contributed by atoms with Gasteiger partial charge in [0.25, 0.3) is 0 Å². The fraction of sp³-hybridized carbons (Fsp3) is 0.538. The maximum Gasteiger partial charge on any atom is 0.0516 e. The molecule has 2 heteroatoms. The van der Waals surface area contributed by atoms with Crippen molar-refractivity contribution in [1.82, 2.24) is 0 Å². The summed E-state index contributed by atoms with van der Waals surface area (Å²) in [6.45, 7) is 4.04. The zero-order valence-corrected chi connectivity index (χ0v) is 9.15. The molecule has 1 aliphatic rings. The first-order chi connectivity index (χ1) is 7.29. The second-order valence-corrected chi connectivity index (χ2v) is 4.43. The highest BCUT2D eigenvalue weighted by atomic mass is 16.5. The van der Waals surface area contributed by atoms with Crippen LogP contribution in [0.5, 0.6) is 0 Å². The van der Waals surface area contributed by atoms with Crippen molar-refractivity contribution in [2.75, 3.05) is 19.8 Å². The van der Waals surface area contributed by atoms with Crippen LogP contribution in [0.15, 0.2) is 24.3 Å². The summed E-state index contributed by atoms with van der Waals surface area (Å²) < 4.78 is 5.15. The molecule has 0 radical (unpaired) electrons. The number of rotatable bonds is 4. The van der Waals surface area contributed by atoms with Crippen LogP contribution in [0.25, 0.3) is 0 Å². The van der Waals surface area contributed by atoms with Crippen LogP contribution in [0.1, 0.15) is 23.5 Å². The van der Waals surface area contributed by atoms with Crippen molar-refractivity contribution in [3.63, 3.8) is 0 Å². The van der Waals surface area contributed by atoms with Gasteiger partial charge in [-0.25, -0.2) is 0 Å². The number of aliphatic hydroxyl groups is 1. The second-order valence-electron chi connectivity index (χ2n) is 4.43. The Hall–Kier alpha value is -0.860. The summed E-state index contributed by atoms with van der Waals surface area (Å²) in [5.74, 6) is 0.919. The van der Waals surface area contributed by atoms with E-state index in [1.54, 1.807) is 0 Å². The smallest absolute Gasteiger partial charge is 0.0516 e. The largest absolute Gasteiger partial charge is 0.396 e. The third-order valence-corrected chi connectivity index (χ3v) is 3.09. The maximum atomic E-state index is 9.38. The number of hydrogen-bond donors (Lipinski definition) is 1. The highest BCUT2D eigenvalue weighted by molar-refractivity contribution is 5.24. The summed E-state index contributed by atoms with van der Waals surface area (Å²) in [7, 11) is 0. The SMILES string of the molecule is Cc1ccc(C(CO)CC2COC2)cc1. The van der Waals surface area contributed by atoms with Crippen molar-refractivity contribution in [2.45, 2.75) is 19.3 Å². The predicted molar refractivity (Wildman–Crippen MR) is 59.9 cm³/mol. The lowest BCUT2D eigenvalue weighted by Crippen LogP contribution is -2.29. The van der Waals surface area contributed by atoms with Crippen LogP contribution >= 0.6 is 0 Å². The molecule has 0 bridgehead atoms. The monoisotopic (exact) mass is 206 g/mol. The minimum atomic E-state index is 0.236. The Labute approximate surface area is 90.9 Å². The van der Waals surface area contributed by atoms with E-state index in [0.29, 0.717) is 5.92 Å². The van der Waals surface area contributed by atoms with Gasteiger partial charge in [0.1, 0.15) is 0 Å². The van der Waals surface area contributed by atoms with E-state index in [2.05, 4.69) is 31.2 Å². The van der Waals surface area contributed by atoms with Crippen LogP contribution < -0.4 is 0 Å². The Bertz CT molecular complexity index is 301. The zero-order valence-electron chi connectivity index (χ0n) is 9.15. The number of ether oxygens (including phenoxy) is 1. The van der Waals surface area contributed by atoms with E-state index < -0.39 is 0 Å². The van der Waals surface area contributed by atoms with Gasteiger partial charge in [-0.1, -0.05) is 29.8 Å². The van der Waals surface area contributed by atoms with Crippen LogP contribution in [-0.4, -0.2) is 24.9 Å². The lowest BCUT2D eigenvalue weighted by atomic mass is 9.88. The number of hydrogen-bond acceptors (Lipinski definition) is 2. The van der Waals surface area contributed by atoms with Crippen LogP contribution in [0.3, 0.4) is 0 Å². The first-order valence-corrected chi connectivity index (χ1v) is 5.54. The summed E-state index contributed by atoms with van der Waals surface area (Å²) in [6.07, 6.45) is 1.04. The Morgan fingerprint density at radius 3 is 2.47 bits per heavy atom. The number of aryl methyl sites for hydroxylation is 1. The minimum absolute atomic E-state index is 0.236. The summed E-state index contributed by atoms with van der Waals surface area (Å²) in [5, 5.41) is 9.38. The highest BCUT2D eigenvalue weighted by Crippen LogP contribution is 2.27. The lowest BCUT2D eigenvalue weighted by Gasteiger charge is -2.29. The van der Waals surface area contributed by atoms with E-state index in [1.807, 2.05) is 0 Å². The summed E-state index contributed by atoms with van der Waals surface area (Å²) in [5.41, 5.74) is 2.51. The quantitative estimate of drug-likeness (QED) is 0.817. The van der Waals surface area contributed by atoms with E-state index in [-0.39, 0.29) is 12.5 Å². The maximum absolute atomic E-state index is 9.38. The fourth-order valence-electron chi connectivity index (χ4n) is 1.98. The first-order valence-electron chi connectivity index (χ1n) is 5.54. The molecule has 1 saturated heterocycles. The van der Waals surface area contributed by atoms with Crippen molar-refractivity contribution < 1.29 is 9.84 Å². The van der Waals surface area contributed by atoms with Gasteiger partial charge < -0.3 is 9.84 Å². The summed E-state index contributed by atoms with van der Waals surface area (Å²) in [4.78, 5) is 0. The van der Waals surface area contributed by atoms with Crippen molar-refractivity contribution in [1.29, 1.82) is 0 Å². The molecule has 1 atom stereocenters. The third-order valence-electron chi connectivity index (χ3n) is 3.09. The van der Waals surface area contributed by atoms with Gasteiger partial charge in [0.15, 0.2) is 0 Å². The molecule has 0 aromatic heterocycles. The molecule has 1 aromatic rings. The minimum Gasteiger partial charge on any atom is -0.396 e. The van der Waals surface area contributed by atoms with E-state index in [1.165, 1.54) is 11.1 Å². The molecule has 1 heterocycles. The Balaban J connectivity index is 2.01. The Kier molecular flexibility index (Phi) is 3.39. The molecule has 0 amide bonds. The fourth-order valence-corrected chi connectivity index (χ4v) is 1.98. The van der Waals surface area contributed by atoms with Gasteiger partial charge >= 0.3 is 0 Å². The molecule has 1 aromatic carbocycles. The van der Waals surface area contributed by atoms with E-state index in [9.17, 15) is 5.11 Å². The average molecular weight is 206 g/mol. The van der Waals surface area contributed by atoms with Crippen LogP contribution in [-0.2, 0) is 4.74 Å². The first kappa shape index (κ1) is 10.7. The second kappa shape index (κ2) is 4.77. The molecule has 1 fully saturated rings. The summed E-state index contributed by atoms with van der Waals surface area (Å²) >= 11 is 0. The molecule has 1 aliphatic heterocycles.